The van der Waals surface area contributed by atoms with Gasteiger partial charge in [0.05, 0.1) is 5.52 Å². The lowest BCUT2D eigenvalue weighted by molar-refractivity contribution is 0.495. The summed E-state index contributed by atoms with van der Waals surface area (Å²) in [5.74, 6) is 0.823. The Kier molecular flexibility index (Phi) is 3.71. The van der Waals surface area contributed by atoms with Crippen LogP contribution in [0.15, 0.2) is 29.0 Å². The average Bonchev–Trinajstić information content (AvgIpc) is 2.26. The molecule has 0 aliphatic carbocycles. The molecule has 19 heavy (non-hydrogen) atoms. The van der Waals surface area contributed by atoms with Crippen molar-refractivity contribution in [2.24, 2.45) is 0 Å². The number of fused-ring (bicyclic) bond motifs is 1. The first-order chi connectivity index (χ1) is 8.71. The van der Waals surface area contributed by atoms with Gasteiger partial charge in [0, 0.05) is 16.9 Å². The molecule has 0 fully saturated rings. The molecular weight excluding hydrogens is 320 g/mol. The van der Waals surface area contributed by atoms with Gasteiger partial charge in [0.15, 0.2) is 0 Å². The minimum Gasteiger partial charge on any atom is -0.542 e. The molecule has 0 amide bonds. The lowest BCUT2D eigenvalue weighted by atomic mass is 10.2. The smallest absolute Gasteiger partial charge is 0.250 e. The molecule has 3 nitrogen and oxygen atoms in total. The van der Waals surface area contributed by atoms with E-state index in [4.69, 9.17) is 4.43 Å². The van der Waals surface area contributed by atoms with Gasteiger partial charge in [-0.3, -0.25) is 4.98 Å². The molecule has 0 aliphatic heterocycles. The molecule has 5 heteroatoms. The normalized spacial score (nSPS) is 12.7. The van der Waals surface area contributed by atoms with Crippen molar-refractivity contribution in [1.29, 1.82) is 0 Å². The van der Waals surface area contributed by atoms with E-state index in [1.807, 2.05) is 12.1 Å². The van der Waals surface area contributed by atoms with Gasteiger partial charge >= 0.3 is 0 Å². The van der Waals surface area contributed by atoms with Gasteiger partial charge in [-0.1, -0.05) is 36.7 Å². The van der Waals surface area contributed by atoms with Gasteiger partial charge in [0.25, 0.3) is 8.32 Å². The largest absolute Gasteiger partial charge is 0.542 e. The van der Waals surface area contributed by atoms with Crippen molar-refractivity contribution in [2.45, 2.75) is 38.9 Å². The van der Waals surface area contributed by atoms with Crippen LogP contribution in [0.5, 0.6) is 5.75 Å². The van der Waals surface area contributed by atoms with Crippen LogP contribution in [0, 0.1) is 0 Å². The Balaban J connectivity index is 2.52. The number of rotatable bonds is 2. The van der Waals surface area contributed by atoms with Gasteiger partial charge in [-0.2, -0.15) is 0 Å². The van der Waals surface area contributed by atoms with E-state index in [2.05, 4.69) is 59.8 Å². The minimum absolute atomic E-state index is 0.157. The molecule has 0 bridgehead atoms. The average molecular weight is 339 g/mol. The van der Waals surface area contributed by atoms with Crippen LogP contribution in [-0.4, -0.2) is 18.3 Å². The number of hydrogen-bond acceptors (Lipinski definition) is 3. The summed E-state index contributed by atoms with van der Waals surface area (Å²) in [6.45, 7) is 11.1. The van der Waals surface area contributed by atoms with E-state index in [1.165, 1.54) is 0 Å². The molecule has 2 rings (SSSR count). The second kappa shape index (κ2) is 4.87. The summed E-state index contributed by atoms with van der Waals surface area (Å²) in [6, 6.07) is 3.94. The van der Waals surface area contributed by atoms with Crippen molar-refractivity contribution in [3.63, 3.8) is 0 Å². The molecule has 1 aromatic heterocycles. The Hall–Kier alpha value is -0.943. The van der Waals surface area contributed by atoms with Gasteiger partial charge in [0.2, 0.25) is 0 Å². The molecule has 1 aromatic carbocycles. The van der Waals surface area contributed by atoms with Gasteiger partial charge in [-0.05, 0) is 30.3 Å². The van der Waals surface area contributed by atoms with Crippen LogP contribution < -0.4 is 4.43 Å². The minimum atomic E-state index is -1.87. The Morgan fingerprint density at radius 2 is 1.74 bits per heavy atom. The van der Waals surface area contributed by atoms with Gasteiger partial charge in [-0.25, -0.2) is 4.98 Å². The van der Waals surface area contributed by atoms with Crippen LogP contribution in [0.25, 0.3) is 11.0 Å². The monoisotopic (exact) mass is 338 g/mol. The molecular formula is C14H19BrN2OSi. The van der Waals surface area contributed by atoms with E-state index < -0.39 is 8.32 Å². The fraction of sp³-hybridized carbons (Fsp3) is 0.429. The number of hydrogen-bond donors (Lipinski definition) is 0. The lowest BCUT2D eigenvalue weighted by Gasteiger charge is -2.36. The number of aromatic nitrogens is 2. The van der Waals surface area contributed by atoms with Crippen molar-refractivity contribution in [2.75, 3.05) is 0 Å². The van der Waals surface area contributed by atoms with Crippen molar-refractivity contribution in [1.82, 2.24) is 9.97 Å². The second-order valence-corrected chi connectivity index (χ2v) is 11.8. The zero-order chi connectivity index (χ0) is 14.3. The number of benzene rings is 1. The first-order valence-corrected chi connectivity index (χ1v) is 10.0. The van der Waals surface area contributed by atoms with E-state index in [0.29, 0.717) is 0 Å². The quantitative estimate of drug-likeness (QED) is 0.739. The summed E-state index contributed by atoms with van der Waals surface area (Å²) in [4.78, 5) is 8.74. The predicted octanol–water partition coefficient (Wildman–Crippen LogP) is 4.78. The lowest BCUT2D eigenvalue weighted by Crippen LogP contribution is -2.43. The van der Waals surface area contributed by atoms with Crippen molar-refractivity contribution in [3.05, 3.63) is 29.0 Å². The third kappa shape index (κ3) is 2.97. The molecule has 0 N–H and O–H groups in total. The van der Waals surface area contributed by atoms with Crippen molar-refractivity contribution < 1.29 is 4.43 Å². The molecule has 0 atom stereocenters. The first kappa shape index (κ1) is 14.5. The summed E-state index contributed by atoms with van der Waals surface area (Å²) < 4.78 is 7.33. The molecule has 0 radical (unpaired) electrons. The van der Waals surface area contributed by atoms with Gasteiger partial charge in [-0.15, -0.1) is 0 Å². The predicted molar refractivity (Wildman–Crippen MR) is 85.1 cm³/mol. The second-order valence-electron chi connectivity index (χ2n) is 6.19. The summed E-state index contributed by atoms with van der Waals surface area (Å²) in [5, 5.41) is 0.157. The number of nitrogens with zero attached hydrogens (tertiary/aromatic N) is 2. The fourth-order valence-corrected chi connectivity index (χ4v) is 2.95. The van der Waals surface area contributed by atoms with Crippen LogP contribution in [0.3, 0.4) is 0 Å². The van der Waals surface area contributed by atoms with E-state index in [1.54, 1.807) is 12.4 Å². The highest BCUT2D eigenvalue weighted by Gasteiger charge is 2.39. The maximum Gasteiger partial charge on any atom is 0.250 e. The number of halogens is 1. The van der Waals surface area contributed by atoms with E-state index in [-0.39, 0.29) is 5.04 Å². The molecule has 0 spiro atoms. The topological polar surface area (TPSA) is 35.0 Å². The highest BCUT2D eigenvalue weighted by molar-refractivity contribution is 9.10. The third-order valence-electron chi connectivity index (χ3n) is 3.67. The highest BCUT2D eigenvalue weighted by Crippen LogP contribution is 2.39. The molecule has 0 saturated carbocycles. The van der Waals surface area contributed by atoms with E-state index in [0.717, 1.165) is 21.3 Å². The van der Waals surface area contributed by atoms with E-state index in [9.17, 15) is 0 Å². The van der Waals surface area contributed by atoms with Crippen LogP contribution >= 0.6 is 15.9 Å². The molecule has 0 unspecified atom stereocenters. The molecule has 0 saturated heterocycles. The van der Waals surface area contributed by atoms with Crippen molar-refractivity contribution in [3.8, 4) is 5.75 Å². The fourth-order valence-electron chi connectivity index (χ4n) is 1.52. The van der Waals surface area contributed by atoms with Crippen molar-refractivity contribution >= 4 is 35.3 Å². The Labute approximate surface area is 123 Å². The summed E-state index contributed by atoms with van der Waals surface area (Å²) >= 11 is 3.51. The molecule has 0 aliphatic rings. The Bertz CT molecular complexity index is 608. The molecule has 1 heterocycles. The SMILES string of the molecule is CC(C)(C)[Si](C)(C)Oc1cc(Br)cc2nccnc12. The van der Waals surface area contributed by atoms with Crippen LogP contribution in [0.1, 0.15) is 20.8 Å². The summed E-state index contributed by atoms with van der Waals surface area (Å²) in [6.07, 6.45) is 3.40. The van der Waals surface area contributed by atoms with Crippen LogP contribution in [0.4, 0.5) is 0 Å². The standard InChI is InChI=1S/C14H19BrN2OSi/c1-14(2,3)19(4,5)18-12-9-10(15)8-11-13(12)17-7-6-16-11/h6-9H,1-5H3. The van der Waals surface area contributed by atoms with Gasteiger partial charge < -0.3 is 4.43 Å². The highest BCUT2D eigenvalue weighted by atomic mass is 79.9. The Morgan fingerprint density at radius 1 is 1.11 bits per heavy atom. The summed E-state index contributed by atoms with van der Waals surface area (Å²) in [5.41, 5.74) is 1.68. The van der Waals surface area contributed by atoms with E-state index >= 15 is 0 Å². The van der Waals surface area contributed by atoms with Crippen LogP contribution in [0.2, 0.25) is 18.1 Å². The maximum atomic E-state index is 6.37. The van der Waals surface area contributed by atoms with Crippen LogP contribution in [-0.2, 0) is 0 Å². The Morgan fingerprint density at radius 3 is 2.37 bits per heavy atom. The zero-order valence-electron chi connectivity index (χ0n) is 12.0. The first-order valence-electron chi connectivity index (χ1n) is 6.30. The molecule has 102 valence electrons. The zero-order valence-corrected chi connectivity index (χ0v) is 14.6. The van der Waals surface area contributed by atoms with Gasteiger partial charge in [0.1, 0.15) is 11.3 Å². The third-order valence-corrected chi connectivity index (χ3v) is 8.48. The molecule has 2 aromatic rings. The maximum absolute atomic E-state index is 6.37. The summed E-state index contributed by atoms with van der Waals surface area (Å²) in [7, 11) is -1.87.